The molecule has 0 bridgehead atoms. The van der Waals surface area contributed by atoms with Gasteiger partial charge in [-0.3, -0.25) is 9.59 Å². The van der Waals surface area contributed by atoms with Crippen molar-refractivity contribution in [2.75, 3.05) is 13.1 Å². The first-order valence-corrected chi connectivity index (χ1v) is 4.03. The van der Waals surface area contributed by atoms with Crippen molar-refractivity contribution in [2.45, 2.75) is 18.6 Å². The van der Waals surface area contributed by atoms with E-state index in [0.717, 1.165) is 0 Å². The molecular weight excluding hydrogens is 192 g/mol. The van der Waals surface area contributed by atoms with Crippen molar-refractivity contribution < 1.29 is 24.9 Å². The third kappa shape index (κ3) is 5.46. The van der Waals surface area contributed by atoms with Gasteiger partial charge in [-0.15, -0.1) is 0 Å². The molecule has 0 aromatic carbocycles. The van der Waals surface area contributed by atoms with Crippen LogP contribution in [0.5, 0.6) is 0 Å². The lowest BCUT2D eigenvalue weighted by molar-refractivity contribution is -0.139. The van der Waals surface area contributed by atoms with Crippen LogP contribution in [0.4, 0.5) is 0 Å². The van der Waals surface area contributed by atoms with Gasteiger partial charge in [-0.25, -0.2) is 0 Å². The Morgan fingerprint density at radius 3 is 2.07 bits per heavy atom. The molecule has 0 aliphatic carbocycles. The third-order valence-electron chi connectivity index (χ3n) is 1.58. The first kappa shape index (κ1) is 12.8. The van der Waals surface area contributed by atoms with Crippen LogP contribution in [0.2, 0.25) is 0 Å². The number of hydrogen-bond donors (Lipinski definition) is 5. The van der Waals surface area contributed by atoms with E-state index in [4.69, 9.17) is 15.3 Å². The second-order valence-corrected chi connectivity index (χ2v) is 2.79. The average molecular weight is 206 g/mol. The van der Waals surface area contributed by atoms with E-state index in [-0.39, 0.29) is 6.54 Å². The summed E-state index contributed by atoms with van der Waals surface area (Å²) in [6, 6.07) is -0.542. The van der Waals surface area contributed by atoms with E-state index >= 15 is 0 Å². The van der Waals surface area contributed by atoms with E-state index in [1.54, 1.807) is 0 Å². The summed E-state index contributed by atoms with van der Waals surface area (Å²) in [4.78, 5) is 19.4. The Kier molecular flexibility index (Phi) is 5.77. The number of nitrogens with one attached hydrogen (secondary N) is 1. The van der Waals surface area contributed by atoms with Gasteiger partial charge in [0.05, 0.1) is 12.6 Å². The van der Waals surface area contributed by atoms with Crippen LogP contribution in [0, 0.1) is 0 Å². The lowest BCUT2D eigenvalue weighted by Crippen LogP contribution is -2.29. The van der Waals surface area contributed by atoms with Crippen molar-refractivity contribution in [1.82, 2.24) is 5.32 Å². The van der Waals surface area contributed by atoms with Crippen LogP contribution in [0.1, 0.15) is 6.42 Å². The highest BCUT2D eigenvalue weighted by atomic mass is 16.4. The maximum absolute atomic E-state index is 10.2. The molecule has 0 spiro atoms. The molecule has 0 saturated carbocycles. The summed E-state index contributed by atoms with van der Waals surface area (Å²) in [6.45, 7) is 0.122. The molecule has 0 radical (unpaired) electrons. The highest BCUT2D eigenvalue weighted by molar-refractivity contribution is 5.73. The zero-order chi connectivity index (χ0) is 11.1. The number of hydrogen-bond acceptors (Lipinski definition) is 5. The maximum Gasteiger partial charge on any atom is 0.320 e. The average Bonchev–Trinajstić information content (AvgIpc) is 2.53. The fourth-order valence-corrected chi connectivity index (χ4v) is 0.905. The minimum Gasteiger partial charge on any atom is -0.480 e. The van der Waals surface area contributed by atoms with E-state index < -0.39 is 24.1 Å². The second-order valence-electron chi connectivity index (χ2n) is 2.79. The largest absolute Gasteiger partial charge is 0.480 e. The molecule has 1 heterocycles. The molecule has 7 nitrogen and oxygen atoms in total. The lowest BCUT2D eigenvalue weighted by atomic mass is 10.2. The molecule has 6 N–H and O–H groups in total. The smallest absolute Gasteiger partial charge is 0.320 e. The van der Waals surface area contributed by atoms with Gasteiger partial charge < -0.3 is 26.4 Å². The number of aliphatic hydroxyl groups is 1. The quantitative estimate of drug-likeness (QED) is 0.347. The number of nitrogens with two attached hydrogens (primary N) is 1. The van der Waals surface area contributed by atoms with Crippen LogP contribution in [-0.2, 0) is 9.59 Å². The molecule has 0 aromatic rings. The van der Waals surface area contributed by atoms with Gasteiger partial charge in [0.25, 0.3) is 0 Å². The summed E-state index contributed by atoms with van der Waals surface area (Å²) in [5.74, 6) is -1.85. The number of rotatable bonds is 2. The van der Waals surface area contributed by atoms with E-state index in [1.165, 1.54) is 0 Å². The molecule has 1 aliphatic heterocycles. The summed E-state index contributed by atoms with van der Waals surface area (Å²) in [6.07, 6.45) is -0.152. The Labute approximate surface area is 80.5 Å². The summed E-state index contributed by atoms with van der Waals surface area (Å²) in [7, 11) is 0. The van der Waals surface area contributed by atoms with E-state index in [9.17, 15) is 9.59 Å². The van der Waals surface area contributed by atoms with Crippen molar-refractivity contribution in [3.8, 4) is 0 Å². The van der Waals surface area contributed by atoms with E-state index in [0.29, 0.717) is 13.0 Å². The van der Waals surface area contributed by atoms with Crippen molar-refractivity contribution in [1.29, 1.82) is 0 Å². The molecular formula is C7H14N2O5. The van der Waals surface area contributed by atoms with Gasteiger partial charge >= 0.3 is 11.9 Å². The van der Waals surface area contributed by atoms with Crippen LogP contribution in [0.15, 0.2) is 0 Å². The maximum atomic E-state index is 10.2. The van der Waals surface area contributed by atoms with Gasteiger partial charge in [0.1, 0.15) is 6.04 Å². The zero-order valence-electron chi connectivity index (χ0n) is 7.51. The third-order valence-corrected chi connectivity index (χ3v) is 1.58. The van der Waals surface area contributed by atoms with Crippen LogP contribution in [-0.4, -0.2) is 52.5 Å². The number of carboxylic acids is 2. The van der Waals surface area contributed by atoms with Gasteiger partial charge in [0, 0.05) is 13.0 Å². The second kappa shape index (κ2) is 6.30. The first-order valence-electron chi connectivity index (χ1n) is 4.03. The first-order chi connectivity index (χ1) is 6.47. The fourth-order valence-electron chi connectivity index (χ4n) is 0.905. The Bertz CT molecular complexity index is 208. The van der Waals surface area contributed by atoms with Gasteiger partial charge in [-0.2, -0.15) is 0 Å². The predicted octanol–water partition coefficient (Wildman–Crippen LogP) is -2.18. The van der Waals surface area contributed by atoms with Crippen molar-refractivity contribution in [3.63, 3.8) is 0 Å². The molecule has 1 fully saturated rings. The SMILES string of the molecule is NCC(=O)O.O=C(O)[C@@H]1CC(O)CN1. The molecule has 0 aromatic heterocycles. The molecule has 1 rings (SSSR count). The van der Waals surface area contributed by atoms with Crippen LogP contribution in [0.3, 0.4) is 0 Å². The summed E-state index contributed by atoms with van der Waals surface area (Å²) in [5.41, 5.74) is 4.57. The topological polar surface area (TPSA) is 133 Å². The summed E-state index contributed by atoms with van der Waals surface area (Å²) >= 11 is 0. The van der Waals surface area contributed by atoms with Crippen molar-refractivity contribution >= 4 is 11.9 Å². The number of carbonyl (C=O) groups is 2. The van der Waals surface area contributed by atoms with E-state index in [1.807, 2.05) is 0 Å². The number of carboxylic acid groups (broad SMARTS) is 2. The Hall–Kier alpha value is -1.18. The van der Waals surface area contributed by atoms with Gasteiger partial charge in [0.15, 0.2) is 0 Å². The van der Waals surface area contributed by atoms with Crippen molar-refractivity contribution in [3.05, 3.63) is 0 Å². The Morgan fingerprint density at radius 1 is 1.43 bits per heavy atom. The fraction of sp³-hybridized carbons (Fsp3) is 0.714. The minimum atomic E-state index is -0.968. The standard InChI is InChI=1S/C5H9NO3.C2H5NO2/c7-3-1-4(5(8)9)6-2-3;3-1-2(4)5/h3-4,6-7H,1-2H2,(H,8,9);1,3H2,(H,4,5)/t3?,4-;/m0./s1. The summed E-state index contributed by atoms with van der Waals surface area (Å²) < 4.78 is 0. The van der Waals surface area contributed by atoms with Crippen LogP contribution in [0.25, 0.3) is 0 Å². The molecule has 2 atom stereocenters. The molecule has 1 unspecified atom stereocenters. The molecule has 1 aliphatic rings. The molecule has 82 valence electrons. The lowest BCUT2D eigenvalue weighted by Gasteiger charge is -1.99. The Morgan fingerprint density at radius 2 is 1.93 bits per heavy atom. The molecule has 1 saturated heterocycles. The molecule has 7 heteroatoms. The van der Waals surface area contributed by atoms with Crippen LogP contribution < -0.4 is 11.1 Å². The highest BCUT2D eigenvalue weighted by Crippen LogP contribution is 2.05. The number of β-amino-alcohol motifs (C(OH)–C–C–N with tert-alkyl or cyclic N) is 1. The van der Waals surface area contributed by atoms with Crippen molar-refractivity contribution in [2.24, 2.45) is 5.73 Å². The molecule has 0 amide bonds. The van der Waals surface area contributed by atoms with Gasteiger partial charge in [-0.1, -0.05) is 0 Å². The van der Waals surface area contributed by atoms with Gasteiger partial charge in [-0.05, 0) is 0 Å². The number of aliphatic hydroxyl groups excluding tert-OH is 1. The normalized spacial score (nSPS) is 25.0. The zero-order valence-corrected chi connectivity index (χ0v) is 7.51. The summed E-state index contributed by atoms with van der Waals surface area (Å²) in [5, 5.41) is 27.4. The predicted molar refractivity (Wildman–Crippen MR) is 46.7 cm³/mol. The van der Waals surface area contributed by atoms with E-state index in [2.05, 4.69) is 11.1 Å². The Balaban J connectivity index is 0.000000292. The van der Waals surface area contributed by atoms with Gasteiger partial charge in [0.2, 0.25) is 0 Å². The number of aliphatic carboxylic acids is 2. The minimum absolute atomic E-state index is 0.278. The highest BCUT2D eigenvalue weighted by Gasteiger charge is 2.27. The monoisotopic (exact) mass is 206 g/mol. The van der Waals surface area contributed by atoms with Crippen LogP contribution >= 0.6 is 0 Å². The molecule has 14 heavy (non-hydrogen) atoms.